The van der Waals surface area contributed by atoms with Crippen LogP contribution in [-0.4, -0.2) is 25.7 Å². The Morgan fingerprint density at radius 3 is 2.67 bits per heavy atom. The molecule has 4 nitrogen and oxygen atoms in total. The van der Waals surface area contributed by atoms with Gasteiger partial charge in [-0.3, -0.25) is 5.41 Å². The van der Waals surface area contributed by atoms with E-state index in [0.717, 1.165) is 17.9 Å². The van der Waals surface area contributed by atoms with Crippen molar-refractivity contribution in [3.05, 3.63) is 29.3 Å². The number of hydrogen-bond acceptors (Lipinski definition) is 3. The summed E-state index contributed by atoms with van der Waals surface area (Å²) in [6.45, 7) is 8.02. The van der Waals surface area contributed by atoms with E-state index in [0.29, 0.717) is 24.7 Å². The van der Waals surface area contributed by atoms with Crippen LogP contribution >= 0.6 is 0 Å². The Hall–Kier alpha value is -1.55. The van der Waals surface area contributed by atoms with E-state index in [-0.39, 0.29) is 5.84 Å². The van der Waals surface area contributed by atoms with E-state index in [2.05, 4.69) is 13.8 Å². The zero-order valence-corrected chi connectivity index (χ0v) is 11.3. The average molecular weight is 250 g/mol. The van der Waals surface area contributed by atoms with Gasteiger partial charge in [-0.1, -0.05) is 26.0 Å². The molecule has 1 aromatic rings. The summed E-state index contributed by atoms with van der Waals surface area (Å²) in [5.74, 6) is 1.35. The molecule has 0 atom stereocenters. The lowest BCUT2D eigenvalue weighted by Gasteiger charge is -2.11. The lowest BCUT2D eigenvalue weighted by molar-refractivity contribution is 0.0817. The summed E-state index contributed by atoms with van der Waals surface area (Å²) in [6.07, 6.45) is 0. The summed E-state index contributed by atoms with van der Waals surface area (Å²) in [7, 11) is 0. The van der Waals surface area contributed by atoms with Crippen molar-refractivity contribution in [1.82, 2.24) is 0 Å². The van der Waals surface area contributed by atoms with Crippen LogP contribution in [0, 0.1) is 18.3 Å². The zero-order valence-electron chi connectivity index (χ0n) is 11.3. The van der Waals surface area contributed by atoms with Crippen LogP contribution in [0.3, 0.4) is 0 Å². The SMILES string of the molecule is Cc1ccc(C(=N)N)cc1OCCOCC(C)C. The fourth-order valence-electron chi connectivity index (χ4n) is 1.45. The fraction of sp³-hybridized carbons (Fsp3) is 0.500. The van der Waals surface area contributed by atoms with Crippen molar-refractivity contribution in [1.29, 1.82) is 5.41 Å². The third-order valence-electron chi connectivity index (χ3n) is 2.44. The minimum atomic E-state index is 0.0518. The molecule has 0 bridgehead atoms. The summed E-state index contributed by atoms with van der Waals surface area (Å²) < 4.78 is 11.1. The van der Waals surface area contributed by atoms with Gasteiger partial charge in [-0.2, -0.15) is 0 Å². The summed E-state index contributed by atoms with van der Waals surface area (Å²) in [5.41, 5.74) is 7.16. The molecule has 0 aliphatic carbocycles. The highest BCUT2D eigenvalue weighted by molar-refractivity contribution is 5.95. The Labute approximate surface area is 109 Å². The van der Waals surface area contributed by atoms with Gasteiger partial charge in [0.2, 0.25) is 0 Å². The van der Waals surface area contributed by atoms with Crippen LogP contribution in [0.15, 0.2) is 18.2 Å². The second-order valence-electron chi connectivity index (χ2n) is 4.71. The van der Waals surface area contributed by atoms with Crippen LogP contribution in [0.5, 0.6) is 5.75 Å². The van der Waals surface area contributed by atoms with Gasteiger partial charge in [-0.15, -0.1) is 0 Å². The Balaban J connectivity index is 2.46. The summed E-state index contributed by atoms with van der Waals surface area (Å²) in [4.78, 5) is 0. The molecule has 0 aromatic heterocycles. The number of benzene rings is 1. The molecular formula is C14H22N2O2. The van der Waals surface area contributed by atoms with Gasteiger partial charge >= 0.3 is 0 Å². The molecule has 0 radical (unpaired) electrons. The minimum absolute atomic E-state index is 0.0518. The Bertz CT molecular complexity index is 403. The van der Waals surface area contributed by atoms with Crippen LogP contribution in [0.4, 0.5) is 0 Å². The van der Waals surface area contributed by atoms with Gasteiger partial charge in [0.1, 0.15) is 18.2 Å². The third kappa shape index (κ3) is 4.75. The van der Waals surface area contributed by atoms with Gasteiger partial charge in [-0.25, -0.2) is 0 Å². The predicted molar refractivity (Wildman–Crippen MR) is 73.3 cm³/mol. The highest BCUT2D eigenvalue weighted by Gasteiger charge is 2.03. The highest BCUT2D eigenvalue weighted by Crippen LogP contribution is 2.19. The molecule has 3 N–H and O–H groups in total. The molecule has 0 unspecified atom stereocenters. The van der Waals surface area contributed by atoms with Crippen LogP contribution in [0.25, 0.3) is 0 Å². The predicted octanol–water partition coefficient (Wildman–Crippen LogP) is 2.33. The van der Waals surface area contributed by atoms with Crippen LogP contribution in [-0.2, 0) is 4.74 Å². The first-order chi connectivity index (χ1) is 8.50. The summed E-state index contributed by atoms with van der Waals surface area (Å²) in [6, 6.07) is 5.51. The second kappa shape index (κ2) is 7.01. The van der Waals surface area contributed by atoms with E-state index in [1.165, 1.54) is 0 Å². The second-order valence-corrected chi connectivity index (χ2v) is 4.71. The van der Waals surface area contributed by atoms with Gasteiger partial charge in [0.25, 0.3) is 0 Å². The van der Waals surface area contributed by atoms with Crippen LogP contribution in [0.2, 0.25) is 0 Å². The molecule has 0 spiro atoms. The number of nitrogens with one attached hydrogen (secondary N) is 1. The number of hydrogen-bond donors (Lipinski definition) is 2. The van der Waals surface area contributed by atoms with Crippen molar-refractivity contribution >= 4 is 5.84 Å². The standard InChI is InChI=1S/C14H22N2O2/c1-10(2)9-17-6-7-18-13-8-12(14(15)16)5-4-11(13)3/h4-5,8,10H,6-7,9H2,1-3H3,(H3,15,16). The third-order valence-corrected chi connectivity index (χ3v) is 2.44. The molecule has 0 saturated carbocycles. The molecule has 0 fully saturated rings. The van der Waals surface area contributed by atoms with Crippen molar-refractivity contribution in [2.45, 2.75) is 20.8 Å². The molecule has 0 saturated heterocycles. The number of amidine groups is 1. The Kier molecular flexibility index (Phi) is 5.65. The molecule has 0 amide bonds. The van der Waals surface area contributed by atoms with E-state index in [1.54, 1.807) is 6.07 Å². The molecule has 0 aliphatic rings. The summed E-state index contributed by atoms with van der Waals surface area (Å²) in [5, 5.41) is 7.39. The van der Waals surface area contributed by atoms with E-state index >= 15 is 0 Å². The van der Waals surface area contributed by atoms with Gasteiger partial charge in [0.05, 0.1) is 6.61 Å². The van der Waals surface area contributed by atoms with E-state index in [9.17, 15) is 0 Å². The lowest BCUT2D eigenvalue weighted by Crippen LogP contribution is -2.13. The van der Waals surface area contributed by atoms with Gasteiger partial charge in [-0.05, 0) is 24.5 Å². The maximum atomic E-state index is 7.39. The molecule has 100 valence electrons. The fourth-order valence-corrected chi connectivity index (χ4v) is 1.45. The first-order valence-corrected chi connectivity index (χ1v) is 6.16. The van der Waals surface area contributed by atoms with Gasteiger partial charge in [0, 0.05) is 12.2 Å². The molecule has 4 heteroatoms. The van der Waals surface area contributed by atoms with Crippen molar-refractivity contribution in [3.63, 3.8) is 0 Å². The normalized spacial score (nSPS) is 10.7. The maximum absolute atomic E-state index is 7.39. The van der Waals surface area contributed by atoms with Gasteiger partial charge < -0.3 is 15.2 Å². The van der Waals surface area contributed by atoms with E-state index in [4.69, 9.17) is 20.6 Å². The molecule has 0 heterocycles. The molecular weight excluding hydrogens is 228 g/mol. The molecule has 18 heavy (non-hydrogen) atoms. The van der Waals surface area contributed by atoms with E-state index in [1.807, 2.05) is 19.1 Å². The van der Waals surface area contributed by atoms with Crippen molar-refractivity contribution in [2.24, 2.45) is 11.7 Å². The largest absolute Gasteiger partial charge is 0.491 e. The minimum Gasteiger partial charge on any atom is -0.491 e. The lowest BCUT2D eigenvalue weighted by atomic mass is 10.1. The maximum Gasteiger partial charge on any atom is 0.123 e. The van der Waals surface area contributed by atoms with Crippen molar-refractivity contribution in [3.8, 4) is 5.75 Å². The molecule has 0 aliphatic heterocycles. The quantitative estimate of drug-likeness (QED) is 0.443. The van der Waals surface area contributed by atoms with Crippen LogP contribution in [0.1, 0.15) is 25.0 Å². The Morgan fingerprint density at radius 2 is 2.06 bits per heavy atom. The first-order valence-electron chi connectivity index (χ1n) is 6.16. The average Bonchev–Trinajstić information content (AvgIpc) is 2.30. The monoisotopic (exact) mass is 250 g/mol. The zero-order chi connectivity index (χ0) is 13.5. The highest BCUT2D eigenvalue weighted by atomic mass is 16.5. The van der Waals surface area contributed by atoms with Crippen molar-refractivity contribution in [2.75, 3.05) is 19.8 Å². The topological polar surface area (TPSA) is 68.3 Å². The Morgan fingerprint density at radius 1 is 1.33 bits per heavy atom. The van der Waals surface area contributed by atoms with Crippen molar-refractivity contribution < 1.29 is 9.47 Å². The number of nitrogen functional groups attached to an aromatic ring is 1. The molecule has 1 rings (SSSR count). The number of ether oxygens (including phenoxy) is 2. The van der Waals surface area contributed by atoms with Gasteiger partial charge in [0.15, 0.2) is 0 Å². The smallest absolute Gasteiger partial charge is 0.123 e. The summed E-state index contributed by atoms with van der Waals surface area (Å²) >= 11 is 0. The first kappa shape index (κ1) is 14.5. The van der Waals surface area contributed by atoms with Crippen LogP contribution < -0.4 is 10.5 Å². The number of rotatable bonds is 7. The molecule has 1 aromatic carbocycles. The number of nitrogens with two attached hydrogens (primary N) is 1. The number of aryl methyl sites for hydroxylation is 1. The van der Waals surface area contributed by atoms with E-state index < -0.39 is 0 Å².